The quantitative estimate of drug-likeness (QED) is 0.375. The summed E-state index contributed by atoms with van der Waals surface area (Å²) in [6.45, 7) is 1.29. The average molecular weight is 398 g/mol. The number of piperidine rings is 1. The summed E-state index contributed by atoms with van der Waals surface area (Å²) in [5, 5.41) is 12.6. The Morgan fingerprint density at radius 3 is 2.75 bits per heavy atom. The van der Waals surface area contributed by atoms with Gasteiger partial charge in [0.2, 0.25) is 5.82 Å². The van der Waals surface area contributed by atoms with E-state index in [9.17, 15) is 14.9 Å². The number of rotatable bonds is 4. The molecule has 1 saturated heterocycles. The fraction of sp³-hybridized carbons (Fsp3) is 0.316. The van der Waals surface area contributed by atoms with Crippen LogP contribution in [0.5, 0.6) is 0 Å². The maximum absolute atomic E-state index is 11.6. The number of pyridine rings is 1. The number of carbonyl (C=O) groups excluding carboxylic acids is 1. The Balaban J connectivity index is 1.53. The summed E-state index contributed by atoms with van der Waals surface area (Å²) in [5.41, 5.74) is 0.907. The Kier molecular flexibility index (Phi) is 4.91. The molecule has 9 heteroatoms. The average Bonchev–Trinajstić information content (AvgIpc) is 3.17. The van der Waals surface area contributed by atoms with E-state index in [2.05, 4.69) is 15.8 Å². The molecule has 0 amide bonds. The number of aromatic nitrogens is 2. The first-order valence-electron chi connectivity index (χ1n) is 8.90. The number of nitrogens with zero attached hydrogens (tertiary/aromatic N) is 4. The standard InChI is InChI=1S/C19H18N4O4S/c1-27-19(24)13-10-15(23(25)26)17(20-11-13)22-8-6-12(7-9-22)18-21-14-4-2-3-5-16(14)28-18/h2-5,10-12H,6-9H2,1H3. The lowest BCUT2D eigenvalue weighted by atomic mass is 9.97. The van der Waals surface area contributed by atoms with Crippen molar-refractivity contribution in [1.82, 2.24) is 9.97 Å². The molecule has 1 aliphatic rings. The Hall–Kier alpha value is -3.07. The molecule has 1 aliphatic heterocycles. The van der Waals surface area contributed by atoms with Crippen molar-refractivity contribution in [1.29, 1.82) is 0 Å². The number of carbonyl (C=O) groups is 1. The highest BCUT2D eigenvalue weighted by Gasteiger charge is 2.29. The number of para-hydroxylation sites is 1. The monoisotopic (exact) mass is 398 g/mol. The minimum atomic E-state index is -0.642. The van der Waals surface area contributed by atoms with Crippen molar-refractivity contribution in [3.05, 3.63) is 57.2 Å². The smallest absolute Gasteiger partial charge is 0.339 e. The highest BCUT2D eigenvalue weighted by Crippen LogP contribution is 2.36. The number of ether oxygens (including phenoxy) is 1. The molecule has 0 N–H and O–H groups in total. The SMILES string of the molecule is COC(=O)c1cnc(N2CCC(c3nc4ccccc4s3)CC2)c([N+](=O)[O-])c1. The second-order valence-electron chi connectivity index (χ2n) is 6.60. The molecule has 0 aliphatic carbocycles. The van der Waals surface area contributed by atoms with Crippen LogP contribution in [0.4, 0.5) is 11.5 Å². The first-order valence-corrected chi connectivity index (χ1v) is 9.71. The first-order chi connectivity index (χ1) is 13.6. The van der Waals surface area contributed by atoms with Crippen LogP contribution in [-0.4, -0.2) is 41.1 Å². The van der Waals surface area contributed by atoms with Crippen LogP contribution >= 0.6 is 11.3 Å². The van der Waals surface area contributed by atoms with Crippen molar-refractivity contribution in [2.24, 2.45) is 0 Å². The molecular weight excluding hydrogens is 380 g/mol. The van der Waals surface area contributed by atoms with E-state index in [-0.39, 0.29) is 11.3 Å². The number of anilines is 1. The summed E-state index contributed by atoms with van der Waals surface area (Å²) in [4.78, 5) is 33.5. The van der Waals surface area contributed by atoms with Crippen molar-refractivity contribution in [2.75, 3.05) is 25.1 Å². The fourth-order valence-electron chi connectivity index (χ4n) is 3.46. The molecule has 28 heavy (non-hydrogen) atoms. The van der Waals surface area contributed by atoms with Gasteiger partial charge in [0.1, 0.15) is 0 Å². The van der Waals surface area contributed by atoms with Gasteiger partial charge in [0.15, 0.2) is 0 Å². The van der Waals surface area contributed by atoms with Crippen molar-refractivity contribution in [3.8, 4) is 0 Å². The van der Waals surface area contributed by atoms with Crippen molar-refractivity contribution in [2.45, 2.75) is 18.8 Å². The highest BCUT2D eigenvalue weighted by atomic mass is 32.1. The number of thiazole rings is 1. The van der Waals surface area contributed by atoms with Gasteiger partial charge in [-0.2, -0.15) is 0 Å². The molecule has 0 saturated carbocycles. The topological polar surface area (TPSA) is 98.5 Å². The highest BCUT2D eigenvalue weighted by molar-refractivity contribution is 7.18. The molecule has 0 bridgehead atoms. The van der Waals surface area contributed by atoms with Crippen LogP contribution in [-0.2, 0) is 4.74 Å². The van der Waals surface area contributed by atoms with E-state index in [1.165, 1.54) is 24.1 Å². The zero-order chi connectivity index (χ0) is 19.7. The second-order valence-corrected chi connectivity index (χ2v) is 7.66. The number of nitro groups is 1. The Bertz CT molecular complexity index is 1010. The molecule has 8 nitrogen and oxygen atoms in total. The molecule has 144 valence electrons. The molecule has 0 spiro atoms. The van der Waals surface area contributed by atoms with Gasteiger partial charge in [-0.05, 0) is 25.0 Å². The van der Waals surface area contributed by atoms with E-state index in [0.717, 1.165) is 23.4 Å². The molecule has 3 aromatic rings. The number of benzene rings is 1. The first kappa shape index (κ1) is 18.3. The lowest BCUT2D eigenvalue weighted by Crippen LogP contribution is -2.34. The Labute approximate surface area is 164 Å². The predicted octanol–water partition coefficient (Wildman–Crippen LogP) is 3.77. The number of esters is 1. The van der Waals surface area contributed by atoms with Gasteiger partial charge >= 0.3 is 11.7 Å². The van der Waals surface area contributed by atoms with Crippen LogP contribution in [0.25, 0.3) is 10.2 Å². The van der Waals surface area contributed by atoms with Crippen LogP contribution in [0.1, 0.15) is 34.1 Å². The summed E-state index contributed by atoms with van der Waals surface area (Å²) in [7, 11) is 1.23. The van der Waals surface area contributed by atoms with Gasteiger partial charge in [0, 0.05) is 31.3 Å². The molecule has 0 atom stereocenters. The maximum Gasteiger partial charge on any atom is 0.339 e. The molecule has 4 rings (SSSR count). The van der Waals surface area contributed by atoms with Crippen molar-refractivity contribution < 1.29 is 14.5 Å². The van der Waals surface area contributed by atoms with E-state index < -0.39 is 10.9 Å². The number of methoxy groups -OCH3 is 1. The van der Waals surface area contributed by atoms with E-state index in [1.54, 1.807) is 11.3 Å². The third-order valence-electron chi connectivity index (χ3n) is 4.92. The van der Waals surface area contributed by atoms with E-state index >= 15 is 0 Å². The van der Waals surface area contributed by atoms with Crippen LogP contribution in [0, 0.1) is 10.1 Å². The zero-order valence-electron chi connectivity index (χ0n) is 15.2. The summed E-state index contributed by atoms with van der Waals surface area (Å²) in [6.07, 6.45) is 3.02. The van der Waals surface area contributed by atoms with Gasteiger partial charge in [-0.1, -0.05) is 12.1 Å². The number of hydrogen-bond donors (Lipinski definition) is 0. The third kappa shape index (κ3) is 3.40. The van der Waals surface area contributed by atoms with Crippen LogP contribution in [0.3, 0.4) is 0 Å². The summed E-state index contributed by atoms with van der Waals surface area (Å²) in [5.74, 6) is -0.0147. The molecular formula is C19H18N4O4S. The third-order valence-corrected chi connectivity index (χ3v) is 6.12. The molecule has 2 aromatic heterocycles. The normalized spacial score (nSPS) is 15.0. The summed E-state index contributed by atoms with van der Waals surface area (Å²) < 4.78 is 5.80. The van der Waals surface area contributed by atoms with Gasteiger partial charge < -0.3 is 9.64 Å². The van der Waals surface area contributed by atoms with Crippen LogP contribution < -0.4 is 4.90 Å². The minimum absolute atomic E-state index is 0.0716. The van der Waals surface area contributed by atoms with Gasteiger partial charge in [-0.15, -0.1) is 11.3 Å². The lowest BCUT2D eigenvalue weighted by Gasteiger charge is -2.31. The summed E-state index contributed by atoms with van der Waals surface area (Å²) in [6, 6.07) is 9.31. The van der Waals surface area contributed by atoms with Crippen LogP contribution in [0.15, 0.2) is 36.5 Å². The predicted molar refractivity (Wildman–Crippen MR) is 106 cm³/mol. The summed E-state index contributed by atoms with van der Waals surface area (Å²) >= 11 is 1.71. The Morgan fingerprint density at radius 2 is 2.07 bits per heavy atom. The van der Waals surface area contributed by atoms with Gasteiger partial charge in [0.25, 0.3) is 0 Å². The molecule has 3 heterocycles. The zero-order valence-corrected chi connectivity index (χ0v) is 16.0. The molecule has 0 radical (unpaired) electrons. The van der Waals surface area contributed by atoms with Crippen LogP contribution in [0.2, 0.25) is 0 Å². The van der Waals surface area contributed by atoms with Gasteiger partial charge in [0.05, 0.1) is 32.8 Å². The molecule has 1 fully saturated rings. The second kappa shape index (κ2) is 7.51. The van der Waals surface area contributed by atoms with E-state index in [0.29, 0.717) is 24.8 Å². The number of fused-ring (bicyclic) bond motifs is 1. The maximum atomic E-state index is 11.6. The van der Waals surface area contributed by atoms with Crippen molar-refractivity contribution >= 4 is 39.0 Å². The van der Waals surface area contributed by atoms with Crippen molar-refractivity contribution in [3.63, 3.8) is 0 Å². The largest absolute Gasteiger partial charge is 0.465 e. The molecule has 0 unspecified atom stereocenters. The fourth-order valence-corrected chi connectivity index (χ4v) is 4.59. The van der Waals surface area contributed by atoms with E-state index in [1.807, 2.05) is 23.1 Å². The van der Waals surface area contributed by atoms with E-state index in [4.69, 9.17) is 4.98 Å². The van der Waals surface area contributed by atoms with Gasteiger partial charge in [-0.25, -0.2) is 14.8 Å². The van der Waals surface area contributed by atoms with Gasteiger partial charge in [-0.3, -0.25) is 10.1 Å². The molecule has 1 aromatic carbocycles. The number of hydrogen-bond acceptors (Lipinski definition) is 8. The minimum Gasteiger partial charge on any atom is -0.465 e. The lowest BCUT2D eigenvalue weighted by molar-refractivity contribution is -0.384. The Morgan fingerprint density at radius 1 is 1.32 bits per heavy atom.